The van der Waals surface area contributed by atoms with Crippen LogP contribution in [0.3, 0.4) is 0 Å². The van der Waals surface area contributed by atoms with Gasteiger partial charge in [0, 0.05) is 55.2 Å². The van der Waals surface area contributed by atoms with E-state index in [1.165, 1.54) is 6.07 Å². The summed E-state index contributed by atoms with van der Waals surface area (Å²) in [4.78, 5) is 16.7. The third-order valence-electron chi connectivity index (χ3n) is 6.99. The molecule has 9 heteroatoms. The first-order valence-corrected chi connectivity index (χ1v) is 12.6. The summed E-state index contributed by atoms with van der Waals surface area (Å²) in [6.07, 6.45) is 1.34. The molecule has 0 atom stereocenters. The molecule has 1 aromatic carbocycles. The number of aromatic nitrogens is 2. The van der Waals surface area contributed by atoms with Crippen molar-refractivity contribution in [2.75, 3.05) is 31.2 Å². The second kappa shape index (κ2) is 9.41. The molecule has 5 rings (SSSR count). The fraction of sp³-hybridized carbons (Fsp3) is 0.615. The average molecular weight is 489 g/mol. The van der Waals surface area contributed by atoms with E-state index in [0.717, 1.165) is 54.0 Å². The van der Waals surface area contributed by atoms with Crippen LogP contribution in [0.5, 0.6) is 0 Å². The monoisotopic (exact) mass is 488 g/mol. The van der Waals surface area contributed by atoms with Crippen molar-refractivity contribution >= 4 is 17.6 Å². The highest BCUT2D eigenvalue weighted by Crippen LogP contribution is 2.40. The highest BCUT2D eigenvalue weighted by molar-refractivity contribution is 5.72. The molecule has 2 aromatic rings. The number of rotatable bonds is 3. The van der Waals surface area contributed by atoms with Crippen LogP contribution >= 0.6 is 0 Å². The van der Waals surface area contributed by atoms with E-state index in [1.807, 2.05) is 26.8 Å². The Morgan fingerprint density at radius 3 is 2.66 bits per heavy atom. The van der Waals surface area contributed by atoms with E-state index in [-0.39, 0.29) is 17.7 Å². The average Bonchev–Trinajstić information content (AvgIpc) is 3.21. The van der Waals surface area contributed by atoms with Crippen LogP contribution in [0.1, 0.15) is 74.9 Å². The number of nitrogens with zero attached hydrogens (tertiary/aromatic N) is 4. The molecule has 1 aromatic heterocycles. The Labute approximate surface area is 205 Å². The maximum absolute atomic E-state index is 13.6. The first kappa shape index (κ1) is 24.0. The molecule has 3 aliphatic rings. The fourth-order valence-electron chi connectivity index (χ4n) is 5.31. The molecule has 0 radical (unpaired) electrons. The van der Waals surface area contributed by atoms with Gasteiger partial charge in [-0.1, -0.05) is 12.1 Å². The van der Waals surface area contributed by atoms with Gasteiger partial charge in [0.25, 0.3) is 6.43 Å². The summed E-state index contributed by atoms with van der Waals surface area (Å²) in [6, 6.07) is 5.18. The van der Waals surface area contributed by atoms with E-state index < -0.39 is 12.0 Å². The number of alkyl halides is 2. The van der Waals surface area contributed by atoms with Gasteiger partial charge in [0.1, 0.15) is 5.60 Å². The van der Waals surface area contributed by atoms with E-state index in [2.05, 4.69) is 9.58 Å². The van der Waals surface area contributed by atoms with Crippen molar-refractivity contribution < 1.29 is 23.0 Å². The van der Waals surface area contributed by atoms with E-state index in [9.17, 15) is 13.6 Å². The van der Waals surface area contributed by atoms with Crippen LogP contribution in [0, 0.1) is 0 Å². The van der Waals surface area contributed by atoms with Crippen LogP contribution < -0.4 is 4.90 Å². The number of halogens is 2. The zero-order valence-corrected chi connectivity index (χ0v) is 20.7. The molecule has 0 N–H and O–H groups in total. The summed E-state index contributed by atoms with van der Waals surface area (Å²) in [5, 5.41) is 5.10. The van der Waals surface area contributed by atoms with Crippen LogP contribution in [0.2, 0.25) is 0 Å². The summed E-state index contributed by atoms with van der Waals surface area (Å²) >= 11 is 0. The number of hydrogen-bond donors (Lipinski definition) is 0. The predicted octanol–water partition coefficient (Wildman–Crippen LogP) is 5.55. The van der Waals surface area contributed by atoms with Crippen molar-refractivity contribution in [3.63, 3.8) is 0 Å². The van der Waals surface area contributed by atoms with Gasteiger partial charge >= 0.3 is 6.09 Å². The smallest absolute Gasteiger partial charge is 0.410 e. The summed E-state index contributed by atoms with van der Waals surface area (Å²) in [5.74, 6) is 0.770. The van der Waals surface area contributed by atoms with Gasteiger partial charge in [-0.3, -0.25) is 4.68 Å². The van der Waals surface area contributed by atoms with Gasteiger partial charge in [0.05, 0.1) is 12.6 Å². The van der Waals surface area contributed by atoms with E-state index in [4.69, 9.17) is 14.6 Å². The maximum Gasteiger partial charge on any atom is 0.410 e. The topological polar surface area (TPSA) is 59.8 Å². The number of hydrogen-bond acceptors (Lipinski definition) is 5. The van der Waals surface area contributed by atoms with Crippen molar-refractivity contribution in [2.24, 2.45) is 0 Å². The lowest BCUT2D eigenvalue weighted by molar-refractivity contribution is 0.0221. The number of carbonyl (C=O) groups excluding carboxylic acids is 1. The number of ether oxygens (including phenoxy) is 2. The Morgan fingerprint density at radius 1 is 1.17 bits per heavy atom. The molecule has 1 saturated heterocycles. The van der Waals surface area contributed by atoms with Gasteiger partial charge in [-0.15, -0.1) is 0 Å². The third-order valence-corrected chi connectivity index (χ3v) is 6.99. The normalized spacial score (nSPS) is 19.0. The number of fused-ring (bicyclic) bond motifs is 2. The van der Waals surface area contributed by atoms with Gasteiger partial charge in [-0.2, -0.15) is 5.10 Å². The predicted molar refractivity (Wildman–Crippen MR) is 128 cm³/mol. The third kappa shape index (κ3) is 4.87. The molecule has 1 amide bonds. The Kier molecular flexibility index (Phi) is 6.46. The zero-order chi connectivity index (χ0) is 24.7. The Morgan fingerprint density at radius 2 is 1.94 bits per heavy atom. The van der Waals surface area contributed by atoms with Crippen LogP contribution in [-0.2, 0) is 28.9 Å². The number of anilines is 2. The largest absolute Gasteiger partial charge is 0.444 e. The number of aryl methyl sites for hydroxylation is 1. The molecular formula is C26H34F2N4O3. The van der Waals surface area contributed by atoms with Crippen molar-refractivity contribution in [3.05, 3.63) is 40.6 Å². The van der Waals surface area contributed by atoms with Gasteiger partial charge in [0.2, 0.25) is 0 Å². The minimum atomic E-state index is -2.53. The summed E-state index contributed by atoms with van der Waals surface area (Å²) in [6.45, 7) is 8.63. The highest BCUT2D eigenvalue weighted by Gasteiger charge is 2.35. The second-order valence-electron chi connectivity index (χ2n) is 10.6. The molecule has 0 bridgehead atoms. The number of carbonyl (C=O) groups is 1. The van der Waals surface area contributed by atoms with Crippen LogP contribution in [0.4, 0.5) is 25.1 Å². The molecule has 0 aliphatic carbocycles. The van der Waals surface area contributed by atoms with Crippen molar-refractivity contribution in [3.8, 4) is 0 Å². The molecule has 0 spiro atoms. The van der Waals surface area contributed by atoms with E-state index in [0.29, 0.717) is 39.3 Å². The zero-order valence-electron chi connectivity index (χ0n) is 20.7. The first-order chi connectivity index (χ1) is 16.7. The summed E-state index contributed by atoms with van der Waals surface area (Å²) in [7, 11) is 0. The van der Waals surface area contributed by atoms with Gasteiger partial charge in [-0.05, 0) is 58.1 Å². The lowest BCUT2D eigenvalue weighted by Crippen LogP contribution is -2.40. The molecular weight excluding hydrogens is 454 g/mol. The van der Waals surface area contributed by atoms with Crippen LogP contribution in [0.25, 0.3) is 0 Å². The molecule has 3 aliphatic heterocycles. The summed E-state index contributed by atoms with van der Waals surface area (Å²) in [5.41, 5.74) is 3.40. The molecule has 4 heterocycles. The highest BCUT2D eigenvalue weighted by atomic mass is 19.3. The van der Waals surface area contributed by atoms with E-state index >= 15 is 0 Å². The van der Waals surface area contributed by atoms with Gasteiger partial charge in [-0.25, -0.2) is 13.6 Å². The lowest BCUT2D eigenvalue weighted by Gasteiger charge is -2.33. The molecule has 7 nitrogen and oxygen atoms in total. The summed E-state index contributed by atoms with van der Waals surface area (Å²) < 4.78 is 40.5. The second-order valence-corrected chi connectivity index (χ2v) is 10.6. The minimum absolute atomic E-state index is 0.0174. The molecule has 190 valence electrons. The first-order valence-electron chi connectivity index (χ1n) is 12.6. The Balaban J connectivity index is 1.55. The van der Waals surface area contributed by atoms with Crippen molar-refractivity contribution in [1.82, 2.24) is 14.7 Å². The van der Waals surface area contributed by atoms with Crippen molar-refractivity contribution in [2.45, 2.75) is 77.5 Å². The van der Waals surface area contributed by atoms with Gasteiger partial charge < -0.3 is 19.3 Å². The molecule has 1 fully saturated rings. The Hall–Kier alpha value is -2.68. The molecule has 35 heavy (non-hydrogen) atoms. The quantitative estimate of drug-likeness (QED) is 0.567. The molecule has 0 saturated carbocycles. The lowest BCUT2D eigenvalue weighted by atomic mass is 9.98. The van der Waals surface area contributed by atoms with Gasteiger partial charge in [0.15, 0.2) is 5.82 Å². The Bertz CT molecular complexity index is 1090. The minimum Gasteiger partial charge on any atom is -0.444 e. The molecule has 0 unspecified atom stereocenters. The van der Waals surface area contributed by atoms with E-state index in [1.54, 1.807) is 11.0 Å². The van der Waals surface area contributed by atoms with Crippen molar-refractivity contribution in [1.29, 1.82) is 0 Å². The number of benzene rings is 1. The fourth-order valence-corrected chi connectivity index (χ4v) is 5.31. The standard InChI is InChI=1S/C26H34F2N4O3/c1-26(2,3)35-25(33)30-12-8-21-20(16-30)24(29-32(21)19-9-13-34-14-10-19)31-11-4-5-17-6-7-18(23(27)28)15-22(17)31/h6-7,15,19,23H,4-5,8-14,16H2,1-3H3. The maximum atomic E-state index is 13.6. The number of amides is 1. The van der Waals surface area contributed by atoms with Crippen LogP contribution in [-0.4, -0.2) is 52.7 Å². The SMILES string of the molecule is CC(C)(C)OC(=O)N1CCc2c(c(N3CCCc4ccc(C(F)F)cc43)nn2C2CCOCC2)C1. The van der Waals surface area contributed by atoms with Crippen LogP contribution in [0.15, 0.2) is 18.2 Å².